The number of ether oxygens (including phenoxy) is 1. The van der Waals surface area contributed by atoms with Gasteiger partial charge in [-0.15, -0.1) is 0 Å². The van der Waals surface area contributed by atoms with E-state index >= 15 is 0 Å². The van der Waals surface area contributed by atoms with Crippen LogP contribution in [0, 0.1) is 5.41 Å². The van der Waals surface area contributed by atoms with Gasteiger partial charge in [-0.05, 0) is 12.0 Å². The molecule has 7 nitrogen and oxygen atoms in total. The van der Waals surface area contributed by atoms with Gasteiger partial charge in [-0.1, -0.05) is 13.8 Å². The van der Waals surface area contributed by atoms with Gasteiger partial charge in [0.15, 0.2) is 11.3 Å². The third-order valence-electron chi connectivity index (χ3n) is 3.26. The van der Waals surface area contributed by atoms with Gasteiger partial charge in [-0.2, -0.15) is 5.10 Å². The Balaban J connectivity index is 2.08. The van der Waals surface area contributed by atoms with E-state index in [2.05, 4.69) is 15.4 Å². The summed E-state index contributed by atoms with van der Waals surface area (Å²) in [6.07, 6.45) is 3.95. The summed E-state index contributed by atoms with van der Waals surface area (Å²) in [4.78, 5) is 16.4. The van der Waals surface area contributed by atoms with Crippen molar-refractivity contribution in [3.8, 4) is 0 Å². The predicted molar refractivity (Wildman–Crippen MR) is 81.8 cm³/mol. The summed E-state index contributed by atoms with van der Waals surface area (Å²) in [6, 6.07) is 1.64. The number of hydrogen-bond donors (Lipinski definition) is 2. The van der Waals surface area contributed by atoms with Crippen LogP contribution in [0.4, 0.5) is 0 Å². The Morgan fingerprint density at radius 1 is 1.50 bits per heavy atom. The number of aromatic nitrogens is 3. The topological polar surface area (TPSA) is 88.8 Å². The maximum absolute atomic E-state index is 12.2. The molecule has 0 fully saturated rings. The summed E-state index contributed by atoms with van der Waals surface area (Å²) >= 11 is 0. The van der Waals surface area contributed by atoms with E-state index in [1.807, 2.05) is 13.8 Å². The molecule has 0 unspecified atom stereocenters. The molecule has 120 valence electrons. The maximum atomic E-state index is 12.2. The quantitative estimate of drug-likeness (QED) is 0.785. The van der Waals surface area contributed by atoms with Gasteiger partial charge in [0.1, 0.15) is 0 Å². The van der Waals surface area contributed by atoms with Crippen molar-refractivity contribution in [3.63, 3.8) is 0 Å². The molecule has 2 heterocycles. The van der Waals surface area contributed by atoms with Crippen LogP contribution in [0.2, 0.25) is 0 Å². The van der Waals surface area contributed by atoms with Crippen molar-refractivity contribution in [1.29, 1.82) is 0 Å². The number of hydrogen-bond acceptors (Lipinski definition) is 5. The van der Waals surface area contributed by atoms with Crippen molar-refractivity contribution in [1.82, 2.24) is 19.9 Å². The first kappa shape index (κ1) is 16.4. The van der Waals surface area contributed by atoms with E-state index in [1.165, 1.54) is 0 Å². The zero-order valence-corrected chi connectivity index (χ0v) is 13.2. The highest BCUT2D eigenvalue weighted by molar-refractivity contribution is 5.93. The van der Waals surface area contributed by atoms with E-state index in [1.54, 1.807) is 30.1 Å². The molecule has 0 saturated carbocycles. The Hall–Kier alpha value is -1.99. The van der Waals surface area contributed by atoms with Gasteiger partial charge >= 0.3 is 0 Å². The minimum Gasteiger partial charge on any atom is -0.396 e. The first-order valence-corrected chi connectivity index (χ1v) is 7.17. The lowest BCUT2D eigenvalue weighted by Gasteiger charge is -2.23. The highest BCUT2D eigenvalue weighted by Gasteiger charge is 2.20. The molecule has 0 atom stereocenters. The second-order valence-corrected chi connectivity index (χ2v) is 6.05. The Morgan fingerprint density at radius 3 is 2.95 bits per heavy atom. The summed E-state index contributed by atoms with van der Waals surface area (Å²) in [5.74, 6) is -0.238. The summed E-state index contributed by atoms with van der Waals surface area (Å²) in [6.45, 7) is 5.14. The molecule has 0 spiro atoms. The van der Waals surface area contributed by atoms with Crippen LogP contribution in [0.1, 0.15) is 29.9 Å². The molecule has 2 aromatic rings. The van der Waals surface area contributed by atoms with E-state index in [4.69, 9.17) is 9.84 Å². The first-order valence-electron chi connectivity index (χ1n) is 7.17. The van der Waals surface area contributed by atoms with Gasteiger partial charge in [-0.25, -0.2) is 9.50 Å². The van der Waals surface area contributed by atoms with Crippen molar-refractivity contribution in [2.75, 3.05) is 26.9 Å². The Bertz CT molecular complexity index is 651. The molecule has 22 heavy (non-hydrogen) atoms. The number of nitrogens with one attached hydrogen (secondary N) is 1. The van der Waals surface area contributed by atoms with Crippen LogP contribution in [0.3, 0.4) is 0 Å². The summed E-state index contributed by atoms with van der Waals surface area (Å²) in [5, 5.41) is 16.0. The Morgan fingerprint density at radius 2 is 2.27 bits per heavy atom. The van der Waals surface area contributed by atoms with Crippen LogP contribution in [0.25, 0.3) is 5.65 Å². The van der Waals surface area contributed by atoms with Crippen molar-refractivity contribution in [2.45, 2.75) is 20.3 Å². The van der Waals surface area contributed by atoms with E-state index in [9.17, 15) is 4.79 Å². The van der Waals surface area contributed by atoms with Crippen LogP contribution >= 0.6 is 0 Å². The molecule has 2 rings (SSSR count). The lowest BCUT2D eigenvalue weighted by molar-refractivity contribution is 0.0843. The largest absolute Gasteiger partial charge is 0.396 e. The summed E-state index contributed by atoms with van der Waals surface area (Å²) in [7, 11) is 1.64. The normalized spacial score (nSPS) is 11.8. The van der Waals surface area contributed by atoms with Crippen molar-refractivity contribution in [3.05, 3.63) is 29.7 Å². The van der Waals surface area contributed by atoms with Crippen molar-refractivity contribution >= 4 is 11.6 Å². The number of aliphatic hydroxyl groups excluding tert-OH is 1. The minimum absolute atomic E-state index is 0.0520. The molecular weight excluding hydrogens is 284 g/mol. The van der Waals surface area contributed by atoms with Crippen LogP contribution in [-0.4, -0.2) is 52.5 Å². The van der Waals surface area contributed by atoms with Gasteiger partial charge < -0.3 is 15.2 Å². The number of carbonyl (C=O) groups excluding carboxylic acids is 1. The van der Waals surface area contributed by atoms with Crippen molar-refractivity contribution < 1.29 is 14.6 Å². The maximum Gasteiger partial charge on any atom is 0.271 e. The number of methoxy groups -OCH3 is 1. The average Bonchev–Trinajstić information content (AvgIpc) is 2.88. The van der Waals surface area contributed by atoms with E-state index in [0.717, 1.165) is 5.56 Å². The summed E-state index contributed by atoms with van der Waals surface area (Å²) in [5.41, 5.74) is 1.65. The molecule has 0 aliphatic rings. The molecule has 0 aromatic carbocycles. The van der Waals surface area contributed by atoms with Crippen LogP contribution in [0.5, 0.6) is 0 Å². The molecule has 0 saturated heterocycles. The van der Waals surface area contributed by atoms with E-state index in [-0.39, 0.29) is 17.9 Å². The van der Waals surface area contributed by atoms with Gasteiger partial charge in [-0.3, -0.25) is 4.79 Å². The number of aliphatic hydroxyl groups is 1. The average molecular weight is 306 g/mol. The highest BCUT2D eigenvalue weighted by Crippen LogP contribution is 2.14. The molecule has 2 N–H and O–H groups in total. The standard InChI is InChI=1S/C15H22N4O3/c1-15(2,10-22-3)9-17-14(21)12-6-13-16-7-11(4-5-20)8-19(13)18-12/h6-8,20H,4-5,9-10H2,1-3H3,(H,17,21). The second kappa shape index (κ2) is 6.85. The SMILES string of the molecule is COCC(C)(C)CNC(=O)c1cc2ncc(CCO)cn2n1. The molecule has 2 aromatic heterocycles. The van der Waals surface area contributed by atoms with Crippen LogP contribution < -0.4 is 5.32 Å². The second-order valence-electron chi connectivity index (χ2n) is 6.05. The van der Waals surface area contributed by atoms with Gasteiger partial charge in [0.05, 0.1) is 6.61 Å². The number of carbonyl (C=O) groups is 1. The Kier molecular flexibility index (Phi) is 5.10. The lowest BCUT2D eigenvalue weighted by Crippen LogP contribution is -2.36. The molecule has 0 radical (unpaired) electrons. The zero-order valence-electron chi connectivity index (χ0n) is 13.2. The summed E-state index contributed by atoms with van der Waals surface area (Å²) < 4.78 is 6.68. The number of nitrogens with zero attached hydrogens (tertiary/aromatic N) is 3. The Labute approximate surface area is 129 Å². The van der Waals surface area contributed by atoms with Crippen LogP contribution in [-0.2, 0) is 11.2 Å². The van der Waals surface area contributed by atoms with Crippen molar-refractivity contribution in [2.24, 2.45) is 5.41 Å². The fourth-order valence-electron chi connectivity index (χ4n) is 2.14. The fraction of sp³-hybridized carbons (Fsp3) is 0.533. The van der Waals surface area contributed by atoms with Gasteiger partial charge in [0.25, 0.3) is 5.91 Å². The fourth-order valence-corrected chi connectivity index (χ4v) is 2.14. The molecule has 7 heteroatoms. The lowest BCUT2D eigenvalue weighted by atomic mass is 9.95. The molecule has 0 bridgehead atoms. The molecular formula is C15H22N4O3. The minimum atomic E-state index is -0.238. The van der Waals surface area contributed by atoms with Gasteiger partial charge in [0, 0.05) is 44.1 Å². The zero-order chi connectivity index (χ0) is 16.2. The number of rotatable bonds is 7. The third kappa shape index (κ3) is 4.02. The molecule has 1 amide bonds. The first-order chi connectivity index (χ1) is 10.4. The molecule has 0 aliphatic heterocycles. The molecule has 0 aliphatic carbocycles. The van der Waals surface area contributed by atoms with Gasteiger partial charge in [0.2, 0.25) is 0 Å². The van der Waals surface area contributed by atoms with E-state index in [0.29, 0.717) is 30.9 Å². The van der Waals surface area contributed by atoms with Crippen LogP contribution in [0.15, 0.2) is 18.5 Å². The highest BCUT2D eigenvalue weighted by atomic mass is 16.5. The predicted octanol–water partition coefficient (Wildman–Crippen LogP) is 0.666. The number of amides is 1. The smallest absolute Gasteiger partial charge is 0.271 e. The monoisotopic (exact) mass is 306 g/mol. The number of fused-ring (bicyclic) bond motifs is 1. The third-order valence-corrected chi connectivity index (χ3v) is 3.26. The van der Waals surface area contributed by atoms with E-state index < -0.39 is 0 Å².